The molecule has 0 atom stereocenters. The Morgan fingerprint density at radius 3 is 2.42 bits per heavy atom. The number of benzene rings is 2. The number of hydrogen-bond acceptors (Lipinski definition) is 5. The summed E-state index contributed by atoms with van der Waals surface area (Å²) in [5.74, 6) is 0.619. The number of nitrogens with zero attached hydrogens (tertiary/aromatic N) is 3. The van der Waals surface area contributed by atoms with Gasteiger partial charge in [-0.3, -0.25) is 9.91 Å². The Morgan fingerprint density at radius 1 is 1.08 bits per heavy atom. The monoisotopic (exact) mass is 353 g/mol. The van der Waals surface area contributed by atoms with Gasteiger partial charge in [0.2, 0.25) is 0 Å². The van der Waals surface area contributed by atoms with Crippen molar-refractivity contribution in [1.29, 1.82) is 0 Å². The molecule has 0 radical (unpaired) electrons. The van der Waals surface area contributed by atoms with E-state index in [1.807, 2.05) is 19.1 Å². The summed E-state index contributed by atoms with van der Waals surface area (Å²) in [5, 5.41) is 16.6. The SMILES string of the molecule is COc1cc(/C(C)=N\N2CCN(Cc3ccc(C)cc3)CC2)ccc1O. The number of phenolic OH excluding ortho intramolecular Hbond substituents is 1. The molecule has 0 aliphatic carbocycles. The number of ether oxygens (including phenoxy) is 1. The highest BCUT2D eigenvalue weighted by atomic mass is 16.5. The molecule has 1 heterocycles. The minimum Gasteiger partial charge on any atom is -0.504 e. The zero-order chi connectivity index (χ0) is 18.5. The predicted molar refractivity (Wildman–Crippen MR) is 105 cm³/mol. The van der Waals surface area contributed by atoms with Crippen LogP contribution in [0, 0.1) is 6.92 Å². The van der Waals surface area contributed by atoms with Crippen LogP contribution in [0.15, 0.2) is 47.6 Å². The lowest BCUT2D eigenvalue weighted by molar-refractivity contribution is 0.130. The van der Waals surface area contributed by atoms with E-state index >= 15 is 0 Å². The highest BCUT2D eigenvalue weighted by Crippen LogP contribution is 2.26. The normalized spacial score (nSPS) is 16.0. The molecular formula is C21H27N3O2. The number of aromatic hydroxyl groups is 1. The number of phenols is 1. The summed E-state index contributed by atoms with van der Waals surface area (Å²) < 4.78 is 5.18. The average molecular weight is 353 g/mol. The topological polar surface area (TPSA) is 48.3 Å². The van der Waals surface area contributed by atoms with E-state index in [2.05, 4.69) is 41.1 Å². The molecule has 0 amide bonds. The molecule has 3 rings (SSSR count). The van der Waals surface area contributed by atoms with Crippen LogP contribution < -0.4 is 4.74 Å². The number of hydrogen-bond donors (Lipinski definition) is 1. The fourth-order valence-corrected chi connectivity index (χ4v) is 3.12. The van der Waals surface area contributed by atoms with Crippen molar-refractivity contribution in [3.63, 3.8) is 0 Å². The summed E-state index contributed by atoms with van der Waals surface area (Å²) in [4.78, 5) is 2.47. The highest BCUT2D eigenvalue weighted by molar-refractivity contribution is 5.99. The molecule has 2 aromatic carbocycles. The van der Waals surface area contributed by atoms with Gasteiger partial charge < -0.3 is 9.84 Å². The second-order valence-electron chi connectivity index (χ2n) is 6.79. The Hall–Kier alpha value is -2.53. The number of methoxy groups -OCH3 is 1. The van der Waals surface area contributed by atoms with Crippen LogP contribution in [0.2, 0.25) is 0 Å². The third-order valence-corrected chi connectivity index (χ3v) is 4.76. The van der Waals surface area contributed by atoms with E-state index in [9.17, 15) is 5.11 Å². The largest absolute Gasteiger partial charge is 0.504 e. The van der Waals surface area contributed by atoms with Crippen molar-refractivity contribution in [1.82, 2.24) is 9.91 Å². The van der Waals surface area contributed by atoms with Crippen molar-refractivity contribution >= 4 is 5.71 Å². The van der Waals surface area contributed by atoms with Crippen LogP contribution in [0.4, 0.5) is 0 Å². The summed E-state index contributed by atoms with van der Waals surface area (Å²) in [6.07, 6.45) is 0. The second kappa shape index (κ2) is 8.23. The van der Waals surface area contributed by atoms with Crippen LogP contribution in [-0.2, 0) is 6.54 Å². The smallest absolute Gasteiger partial charge is 0.161 e. The van der Waals surface area contributed by atoms with E-state index in [1.54, 1.807) is 13.2 Å². The summed E-state index contributed by atoms with van der Waals surface area (Å²) in [6.45, 7) is 8.94. The molecule has 5 heteroatoms. The maximum Gasteiger partial charge on any atom is 0.161 e. The molecule has 1 aliphatic rings. The third-order valence-electron chi connectivity index (χ3n) is 4.76. The van der Waals surface area contributed by atoms with Crippen LogP contribution in [0.5, 0.6) is 11.5 Å². The van der Waals surface area contributed by atoms with Gasteiger partial charge in [-0.2, -0.15) is 5.10 Å². The van der Waals surface area contributed by atoms with E-state index in [0.29, 0.717) is 5.75 Å². The van der Waals surface area contributed by atoms with E-state index in [4.69, 9.17) is 9.84 Å². The quantitative estimate of drug-likeness (QED) is 0.839. The van der Waals surface area contributed by atoms with E-state index in [0.717, 1.165) is 44.0 Å². The summed E-state index contributed by atoms with van der Waals surface area (Å²) in [5.41, 5.74) is 4.55. The van der Waals surface area contributed by atoms with Crippen LogP contribution in [-0.4, -0.2) is 54.0 Å². The van der Waals surface area contributed by atoms with E-state index in [1.165, 1.54) is 11.1 Å². The van der Waals surface area contributed by atoms with Gasteiger partial charge in [0, 0.05) is 38.3 Å². The second-order valence-corrected chi connectivity index (χ2v) is 6.79. The first kappa shape index (κ1) is 18.3. The molecular weight excluding hydrogens is 326 g/mol. The summed E-state index contributed by atoms with van der Waals surface area (Å²) in [7, 11) is 1.55. The standard InChI is InChI=1S/C21H27N3O2/c1-16-4-6-18(7-5-16)15-23-10-12-24(13-11-23)22-17(2)19-8-9-20(25)21(14-19)26-3/h4-9,14,25H,10-13,15H2,1-3H3/b22-17-. The predicted octanol–water partition coefficient (Wildman–Crippen LogP) is 3.25. The Bertz CT molecular complexity index is 763. The lowest BCUT2D eigenvalue weighted by Gasteiger charge is -2.33. The molecule has 0 unspecified atom stereocenters. The van der Waals surface area contributed by atoms with Crippen LogP contribution in [0.1, 0.15) is 23.6 Å². The van der Waals surface area contributed by atoms with Crippen molar-refractivity contribution in [3.8, 4) is 11.5 Å². The molecule has 5 nitrogen and oxygen atoms in total. The van der Waals surface area contributed by atoms with Gasteiger partial charge >= 0.3 is 0 Å². The average Bonchev–Trinajstić information content (AvgIpc) is 2.65. The number of piperazine rings is 1. The lowest BCUT2D eigenvalue weighted by atomic mass is 10.1. The van der Waals surface area contributed by atoms with Gasteiger partial charge in [-0.25, -0.2) is 0 Å². The van der Waals surface area contributed by atoms with Crippen molar-refractivity contribution < 1.29 is 9.84 Å². The Morgan fingerprint density at radius 2 is 1.77 bits per heavy atom. The van der Waals surface area contributed by atoms with Crippen molar-refractivity contribution in [2.24, 2.45) is 5.10 Å². The Balaban J connectivity index is 1.57. The fourth-order valence-electron chi connectivity index (χ4n) is 3.12. The van der Waals surface area contributed by atoms with Gasteiger partial charge in [-0.1, -0.05) is 29.8 Å². The minimum atomic E-state index is 0.147. The molecule has 1 fully saturated rings. The fraction of sp³-hybridized carbons (Fsp3) is 0.381. The van der Waals surface area contributed by atoms with Crippen molar-refractivity contribution in [2.75, 3.05) is 33.3 Å². The molecule has 0 bridgehead atoms. The first-order valence-corrected chi connectivity index (χ1v) is 9.00. The van der Waals surface area contributed by atoms with Crippen molar-refractivity contribution in [2.45, 2.75) is 20.4 Å². The molecule has 26 heavy (non-hydrogen) atoms. The van der Waals surface area contributed by atoms with Crippen LogP contribution in [0.25, 0.3) is 0 Å². The maximum atomic E-state index is 9.72. The van der Waals surface area contributed by atoms with Gasteiger partial charge in [0.05, 0.1) is 12.8 Å². The van der Waals surface area contributed by atoms with Crippen LogP contribution >= 0.6 is 0 Å². The first-order chi connectivity index (χ1) is 12.5. The zero-order valence-corrected chi connectivity index (χ0v) is 15.8. The molecule has 1 aliphatic heterocycles. The number of rotatable bonds is 5. The van der Waals surface area contributed by atoms with E-state index < -0.39 is 0 Å². The number of aryl methyl sites for hydroxylation is 1. The van der Waals surface area contributed by atoms with Crippen LogP contribution in [0.3, 0.4) is 0 Å². The highest BCUT2D eigenvalue weighted by Gasteiger charge is 2.16. The van der Waals surface area contributed by atoms with Gasteiger partial charge in [0.1, 0.15) is 0 Å². The van der Waals surface area contributed by atoms with Gasteiger partial charge in [0.25, 0.3) is 0 Å². The Kier molecular flexibility index (Phi) is 5.78. The molecule has 138 valence electrons. The lowest BCUT2D eigenvalue weighted by Crippen LogP contribution is -2.43. The van der Waals surface area contributed by atoms with Crippen molar-refractivity contribution in [3.05, 3.63) is 59.2 Å². The molecule has 1 N–H and O–H groups in total. The van der Waals surface area contributed by atoms with Gasteiger partial charge in [-0.15, -0.1) is 0 Å². The summed E-state index contributed by atoms with van der Waals surface area (Å²) >= 11 is 0. The minimum absolute atomic E-state index is 0.147. The Labute approximate surface area is 155 Å². The van der Waals surface area contributed by atoms with Gasteiger partial charge in [-0.05, 0) is 37.6 Å². The molecule has 0 saturated carbocycles. The number of hydrazone groups is 1. The summed E-state index contributed by atoms with van der Waals surface area (Å²) in [6, 6.07) is 14.1. The molecule has 2 aromatic rings. The zero-order valence-electron chi connectivity index (χ0n) is 15.8. The van der Waals surface area contributed by atoms with E-state index in [-0.39, 0.29) is 5.75 Å². The molecule has 1 saturated heterocycles. The maximum absolute atomic E-state index is 9.72. The third kappa shape index (κ3) is 4.55. The first-order valence-electron chi connectivity index (χ1n) is 9.00. The molecule has 0 aromatic heterocycles. The molecule has 0 spiro atoms. The van der Waals surface area contributed by atoms with Gasteiger partial charge in [0.15, 0.2) is 11.5 Å².